The van der Waals surface area contributed by atoms with Gasteiger partial charge in [0.25, 0.3) is 0 Å². The summed E-state index contributed by atoms with van der Waals surface area (Å²) in [5.41, 5.74) is 0.260. The van der Waals surface area contributed by atoms with Crippen molar-refractivity contribution in [3.05, 3.63) is 28.7 Å². The second-order valence-electron chi connectivity index (χ2n) is 8.40. The minimum absolute atomic E-state index is 0.126. The van der Waals surface area contributed by atoms with E-state index in [1.54, 1.807) is 0 Å². The van der Waals surface area contributed by atoms with Gasteiger partial charge < -0.3 is 5.32 Å². The number of carbonyl (C=O) groups excluding carboxylic acids is 1. The van der Waals surface area contributed by atoms with Gasteiger partial charge in [0.1, 0.15) is 5.54 Å². The van der Waals surface area contributed by atoms with Crippen LogP contribution in [0.5, 0.6) is 0 Å². The van der Waals surface area contributed by atoms with Crippen molar-refractivity contribution in [2.45, 2.75) is 68.6 Å². The molecule has 6 nitrogen and oxygen atoms in total. The number of amides is 1. The molecule has 1 atom stereocenters. The van der Waals surface area contributed by atoms with Gasteiger partial charge in [-0.05, 0) is 50.7 Å². The number of nitriles is 1. The Labute approximate surface area is 190 Å². The predicted molar refractivity (Wildman–Crippen MR) is 121 cm³/mol. The highest BCUT2D eigenvalue weighted by Crippen LogP contribution is 2.39. The second-order valence-corrected chi connectivity index (χ2v) is 10.3. The molecule has 0 radical (unpaired) electrons. The number of nitrogens with zero attached hydrogens (tertiary/aromatic N) is 4. The normalized spacial score (nSPS) is 19.1. The number of halogens is 1. The monoisotopic (exact) mass is 487 g/mol. The number of hydrogen-bond donors (Lipinski definition) is 1. The number of nitrogens with one attached hydrogen (secondary N) is 1. The molecule has 2 saturated carbocycles. The lowest BCUT2D eigenvalue weighted by atomic mass is 9.95. The van der Waals surface area contributed by atoms with Gasteiger partial charge in [-0.1, -0.05) is 59.1 Å². The molecule has 0 bridgehead atoms. The molecule has 1 amide bonds. The Bertz CT molecular complexity index is 943. The van der Waals surface area contributed by atoms with Crippen molar-refractivity contribution in [3.8, 4) is 17.5 Å². The van der Waals surface area contributed by atoms with E-state index in [0.717, 1.165) is 46.7 Å². The minimum Gasteiger partial charge on any atom is -0.337 e. The summed E-state index contributed by atoms with van der Waals surface area (Å²) in [5, 5.41) is 22.1. The summed E-state index contributed by atoms with van der Waals surface area (Å²) in [6, 6.07) is 10.7. The smallest absolute Gasteiger partial charge is 0.231 e. The first-order valence-electron chi connectivity index (χ1n) is 10.6. The van der Waals surface area contributed by atoms with Crippen LogP contribution in [0.4, 0.5) is 0 Å². The maximum atomic E-state index is 12.6. The van der Waals surface area contributed by atoms with E-state index in [2.05, 4.69) is 42.1 Å². The molecule has 158 valence electrons. The standard InChI is InChI=1S/C22H26BrN5OS/c1-22(14-24,16-9-10-16)25-19(29)13-30-21-27-26-20(15-7-11-17(23)12-8-15)28(21)18-5-3-2-4-6-18/h7-8,11-12,16,18H,2-6,9-10,13H2,1H3,(H,25,29)/t22-/m1/s1. The SMILES string of the molecule is C[C@](C#N)(NC(=O)CSc1nnc(-c2ccc(Br)cc2)n1C1CCCCC1)C1CC1. The summed E-state index contributed by atoms with van der Waals surface area (Å²) in [6.07, 6.45) is 7.90. The quantitative estimate of drug-likeness (QED) is 0.548. The van der Waals surface area contributed by atoms with Crippen LogP contribution in [0, 0.1) is 17.2 Å². The van der Waals surface area contributed by atoms with Crippen molar-refractivity contribution in [2.75, 3.05) is 5.75 Å². The molecule has 0 spiro atoms. The zero-order chi connectivity index (χ0) is 21.1. The molecule has 2 aromatic rings. The van der Waals surface area contributed by atoms with Gasteiger partial charge in [-0.2, -0.15) is 5.26 Å². The predicted octanol–water partition coefficient (Wildman–Crippen LogP) is 5.11. The maximum absolute atomic E-state index is 12.6. The molecular formula is C22H26BrN5OS. The lowest BCUT2D eigenvalue weighted by Gasteiger charge is -2.26. The Hall–Kier alpha value is -1.85. The van der Waals surface area contributed by atoms with Crippen LogP contribution in [0.2, 0.25) is 0 Å². The van der Waals surface area contributed by atoms with Gasteiger partial charge in [0.2, 0.25) is 5.91 Å². The summed E-state index contributed by atoms with van der Waals surface area (Å²) in [5.74, 6) is 1.23. The van der Waals surface area contributed by atoms with Crippen LogP contribution in [-0.4, -0.2) is 32.0 Å². The largest absolute Gasteiger partial charge is 0.337 e. The summed E-state index contributed by atoms with van der Waals surface area (Å²) >= 11 is 4.90. The van der Waals surface area contributed by atoms with Crippen molar-refractivity contribution in [1.82, 2.24) is 20.1 Å². The summed E-state index contributed by atoms with van der Waals surface area (Å²) in [6.45, 7) is 1.82. The highest BCUT2D eigenvalue weighted by molar-refractivity contribution is 9.10. The fraction of sp³-hybridized carbons (Fsp3) is 0.545. The molecule has 1 aromatic carbocycles. The number of benzene rings is 1. The molecule has 1 heterocycles. The van der Waals surface area contributed by atoms with Crippen LogP contribution >= 0.6 is 27.7 Å². The number of aromatic nitrogens is 3. The molecule has 2 aliphatic rings. The molecule has 1 aromatic heterocycles. The minimum atomic E-state index is -0.767. The summed E-state index contributed by atoms with van der Waals surface area (Å²) < 4.78 is 3.25. The maximum Gasteiger partial charge on any atom is 0.231 e. The molecule has 0 saturated heterocycles. The molecule has 4 rings (SSSR count). The van der Waals surface area contributed by atoms with Crippen LogP contribution in [-0.2, 0) is 4.79 Å². The van der Waals surface area contributed by atoms with E-state index in [4.69, 9.17) is 0 Å². The van der Waals surface area contributed by atoms with E-state index < -0.39 is 5.54 Å². The van der Waals surface area contributed by atoms with Gasteiger partial charge >= 0.3 is 0 Å². The van der Waals surface area contributed by atoms with Gasteiger partial charge in [0, 0.05) is 16.1 Å². The first-order valence-corrected chi connectivity index (χ1v) is 12.3. The number of thioether (sulfide) groups is 1. The number of rotatable bonds is 7. The lowest BCUT2D eigenvalue weighted by Crippen LogP contribution is -2.47. The third-order valence-corrected chi connectivity index (χ3v) is 7.54. The van der Waals surface area contributed by atoms with Crippen LogP contribution < -0.4 is 5.32 Å². The first-order chi connectivity index (χ1) is 14.5. The zero-order valence-corrected chi connectivity index (χ0v) is 19.5. The fourth-order valence-electron chi connectivity index (χ4n) is 4.18. The van der Waals surface area contributed by atoms with E-state index in [1.807, 2.05) is 31.2 Å². The second kappa shape index (κ2) is 9.11. The van der Waals surface area contributed by atoms with Crippen LogP contribution in [0.25, 0.3) is 11.4 Å². The number of carbonyl (C=O) groups is 1. The van der Waals surface area contributed by atoms with Gasteiger partial charge in [0.15, 0.2) is 11.0 Å². The van der Waals surface area contributed by atoms with E-state index in [0.29, 0.717) is 6.04 Å². The summed E-state index contributed by atoms with van der Waals surface area (Å²) in [4.78, 5) is 12.6. The molecule has 8 heteroatoms. The van der Waals surface area contributed by atoms with Crippen LogP contribution in [0.1, 0.15) is 57.9 Å². The van der Waals surface area contributed by atoms with Crippen molar-refractivity contribution in [1.29, 1.82) is 5.26 Å². The van der Waals surface area contributed by atoms with Crippen molar-refractivity contribution in [2.24, 2.45) is 5.92 Å². The zero-order valence-electron chi connectivity index (χ0n) is 17.1. The van der Waals surface area contributed by atoms with E-state index in [1.165, 1.54) is 31.0 Å². The molecule has 30 heavy (non-hydrogen) atoms. The Balaban J connectivity index is 1.53. The molecule has 2 aliphatic carbocycles. The lowest BCUT2D eigenvalue weighted by molar-refractivity contribution is -0.119. The average molecular weight is 488 g/mol. The topological polar surface area (TPSA) is 83.6 Å². The molecule has 2 fully saturated rings. The Morgan fingerprint density at radius 2 is 1.93 bits per heavy atom. The van der Waals surface area contributed by atoms with Gasteiger partial charge in [-0.3, -0.25) is 9.36 Å². The first kappa shape index (κ1) is 21.4. The van der Waals surface area contributed by atoms with Crippen molar-refractivity contribution >= 4 is 33.6 Å². The highest BCUT2D eigenvalue weighted by Gasteiger charge is 2.43. The molecule has 1 N–H and O–H groups in total. The molecular weight excluding hydrogens is 462 g/mol. The average Bonchev–Trinajstić information content (AvgIpc) is 3.54. The number of hydrogen-bond acceptors (Lipinski definition) is 5. The third kappa shape index (κ3) is 4.73. The van der Waals surface area contributed by atoms with Crippen LogP contribution in [0.15, 0.2) is 33.9 Å². The Morgan fingerprint density at radius 1 is 1.23 bits per heavy atom. The van der Waals surface area contributed by atoms with Gasteiger partial charge in [0.05, 0.1) is 11.8 Å². The molecule has 0 aliphatic heterocycles. The van der Waals surface area contributed by atoms with Gasteiger partial charge in [-0.15, -0.1) is 10.2 Å². The van der Waals surface area contributed by atoms with E-state index >= 15 is 0 Å². The highest BCUT2D eigenvalue weighted by atomic mass is 79.9. The van der Waals surface area contributed by atoms with Crippen molar-refractivity contribution in [3.63, 3.8) is 0 Å². The summed E-state index contributed by atoms with van der Waals surface area (Å²) in [7, 11) is 0. The van der Waals surface area contributed by atoms with E-state index in [9.17, 15) is 10.1 Å². The van der Waals surface area contributed by atoms with Crippen LogP contribution in [0.3, 0.4) is 0 Å². The van der Waals surface area contributed by atoms with Gasteiger partial charge in [-0.25, -0.2) is 0 Å². The Kier molecular flexibility index (Phi) is 6.49. The van der Waals surface area contributed by atoms with E-state index in [-0.39, 0.29) is 17.6 Å². The molecule has 0 unspecified atom stereocenters. The third-order valence-electron chi connectivity index (χ3n) is 6.06. The Morgan fingerprint density at radius 3 is 2.57 bits per heavy atom. The van der Waals surface area contributed by atoms with Crippen molar-refractivity contribution < 1.29 is 4.79 Å². The fourth-order valence-corrected chi connectivity index (χ4v) is 5.25.